The fraction of sp³-hybridized carbons (Fsp3) is 0.182. The number of rotatable bonds is 5. The Morgan fingerprint density at radius 1 is 1.10 bits per heavy atom. The SMILES string of the molecule is COc1nc(OC)nc(Oc2cc(Cl)ccc2[N+](=O)[O-])n1. The number of nitrogens with zero attached hydrogens (tertiary/aromatic N) is 4. The summed E-state index contributed by atoms with van der Waals surface area (Å²) in [6, 6.07) is 3.55. The molecule has 110 valence electrons. The van der Waals surface area contributed by atoms with Crippen molar-refractivity contribution >= 4 is 17.3 Å². The van der Waals surface area contributed by atoms with Crippen LogP contribution >= 0.6 is 11.6 Å². The topological polar surface area (TPSA) is 110 Å². The lowest BCUT2D eigenvalue weighted by atomic mass is 10.3. The molecule has 2 rings (SSSR count). The molecule has 21 heavy (non-hydrogen) atoms. The van der Waals surface area contributed by atoms with Gasteiger partial charge in [-0.1, -0.05) is 11.6 Å². The smallest absolute Gasteiger partial charge is 0.331 e. The summed E-state index contributed by atoms with van der Waals surface area (Å²) in [6.07, 6.45) is 0. The molecule has 2 aromatic rings. The van der Waals surface area contributed by atoms with Crippen LogP contribution in [-0.2, 0) is 0 Å². The van der Waals surface area contributed by atoms with Crippen LogP contribution in [0.5, 0.6) is 23.8 Å². The molecule has 0 fully saturated rings. The molecule has 0 bridgehead atoms. The fourth-order valence-electron chi connectivity index (χ4n) is 1.37. The summed E-state index contributed by atoms with van der Waals surface area (Å²) < 4.78 is 15.0. The third-order valence-electron chi connectivity index (χ3n) is 2.26. The Balaban J connectivity index is 2.42. The molecule has 0 aliphatic carbocycles. The highest BCUT2D eigenvalue weighted by molar-refractivity contribution is 6.30. The number of hydrogen-bond donors (Lipinski definition) is 0. The monoisotopic (exact) mass is 312 g/mol. The van der Waals surface area contributed by atoms with Crippen molar-refractivity contribution in [2.24, 2.45) is 0 Å². The summed E-state index contributed by atoms with van der Waals surface area (Å²) in [5.74, 6) is -0.109. The van der Waals surface area contributed by atoms with E-state index in [1.54, 1.807) is 0 Å². The van der Waals surface area contributed by atoms with Crippen LogP contribution in [0.3, 0.4) is 0 Å². The van der Waals surface area contributed by atoms with E-state index in [-0.39, 0.29) is 34.5 Å². The molecule has 0 N–H and O–H groups in total. The van der Waals surface area contributed by atoms with Crippen LogP contribution in [0, 0.1) is 10.1 Å². The molecule has 0 atom stereocenters. The second-order valence-corrected chi connectivity index (χ2v) is 4.00. The van der Waals surface area contributed by atoms with Gasteiger partial charge < -0.3 is 14.2 Å². The number of hydrogen-bond acceptors (Lipinski definition) is 8. The van der Waals surface area contributed by atoms with Gasteiger partial charge in [-0.2, -0.15) is 0 Å². The average molecular weight is 313 g/mol. The second-order valence-electron chi connectivity index (χ2n) is 3.56. The maximum absolute atomic E-state index is 10.9. The minimum absolute atomic E-state index is 0.0541. The van der Waals surface area contributed by atoms with Gasteiger partial charge in [0.05, 0.1) is 19.1 Å². The normalized spacial score (nSPS) is 10.0. The minimum atomic E-state index is -0.610. The number of nitro groups is 1. The van der Waals surface area contributed by atoms with Crippen molar-refractivity contribution in [1.29, 1.82) is 0 Å². The zero-order valence-electron chi connectivity index (χ0n) is 10.9. The molecule has 10 heteroatoms. The Bertz CT molecular complexity index is 659. The highest BCUT2D eigenvalue weighted by Crippen LogP contribution is 2.33. The van der Waals surface area contributed by atoms with E-state index < -0.39 is 4.92 Å². The number of nitro benzene ring substituents is 1. The molecule has 9 nitrogen and oxygen atoms in total. The lowest BCUT2D eigenvalue weighted by Crippen LogP contribution is -2.02. The van der Waals surface area contributed by atoms with Crippen molar-refractivity contribution in [2.75, 3.05) is 14.2 Å². The molecular weight excluding hydrogens is 304 g/mol. The average Bonchev–Trinajstić information content (AvgIpc) is 2.46. The first-order chi connectivity index (χ1) is 10.0. The molecule has 0 aliphatic heterocycles. The number of aromatic nitrogens is 3. The van der Waals surface area contributed by atoms with Crippen LogP contribution in [0.2, 0.25) is 5.02 Å². The predicted octanol–water partition coefficient (Wildman–Crippen LogP) is 2.24. The summed E-state index contributed by atoms with van der Waals surface area (Å²) in [5.41, 5.74) is -0.280. The van der Waals surface area contributed by atoms with Crippen LogP contribution < -0.4 is 14.2 Å². The zero-order valence-corrected chi connectivity index (χ0v) is 11.7. The van der Waals surface area contributed by atoms with E-state index in [2.05, 4.69) is 15.0 Å². The molecule has 0 unspecified atom stereocenters. The number of halogens is 1. The van der Waals surface area contributed by atoms with E-state index in [1.165, 1.54) is 32.4 Å². The first-order valence-electron chi connectivity index (χ1n) is 5.49. The Labute approximate surface area is 123 Å². The molecule has 1 aromatic carbocycles. The third kappa shape index (κ3) is 3.45. The number of benzene rings is 1. The lowest BCUT2D eigenvalue weighted by Gasteiger charge is -2.07. The largest absolute Gasteiger partial charge is 0.467 e. The van der Waals surface area contributed by atoms with Crippen LogP contribution in [0.25, 0.3) is 0 Å². The first-order valence-corrected chi connectivity index (χ1v) is 5.87. The molecule has 0 radical (unpaired) electrons. The summed E-state index contributed by atoms with van der Waals surface area (Å²) in [5, 5.41) is 11.2. The maximum atomic E-state index is 10.9. The molecule has 0 amide bonds. The van der Waals surface area contributed by atoms with Gasteiger partial charge in [-0.05, 0) is 6.07 Å². The van der Waals surface area contributed by atoms with E-state index in [0.717, 1.165) is 0 Å². The maximum Gasteiger partial charge on any atom is 0.331 e. The minimum Gasteiger partial charge on any atom is -0.467 e. The van der Waals surface area contributed by atoms with Crippen LogP contribution in [0.1, 0.15) is 0 Å². The molecule has 0 saturated carbocycles. The van der Waals surface area contributed by atoms with Gasteiger partial charge in [0.1, 0.15) is 0 Å². The molecule has 1 aromatic heterocycles. The Kier molecular flexibility index (Phi) is 4.33. The van der Waals surface area contributed by atoms with E-state index in [9.17, 15) is 10.1 Å². The molecule has 1 heterocycles. The quantitative estimate of drug-likeness (QED) is 0.610. The van der Waals surface area contributed by atoms with Gasteiger partial charge in [0.2, 0.25) is 5.75 Å². The van der Waals surface area contributed by atoms with Gasteiger partial charge in [0.25, 0.3) is 0 Å². The molecule has 0 spiro atoms. The Morgan fingerprint density at radius 2 is 1.67 bits per heavy atom. The van der Waals surface area contributed by atoms with Crippen molar-refractivity contribution in [2.45, 2.75) is 0 Å². The molecule has 0 aliphatic rings. The van der Waals surface area contributed by atoms with Crippen LogP contribution in [0.15, 0.2) is 18.2 Å². The zero-order chi connectivity index (χ0) is 15.4. The Hall–Kier alpha value is -2.68. The van der Waals surface area contributed by atoms with E-state index in [1.807, 2.05) is 0 Å². The van der Waals surface area contributed by atoms with Crippen molar-refractivity contribution in [3.05, 3.63) is 33.3 Å². The van der Waals surface area contributed by atoms with Crippen molar-refractivity contribution < 1.29 is 19.1 Å². The lowest BCUT2D eigenvalue weighted by molar-refractivity contribution is -0.385. The highest BCUT2D eigenvalue weighted by atomic mass is 35.5. The molecule has 0 saturated heterocycles. The van der Waals surface area contributed by atoms with Gasteiger partial charge in [0, 0.05) is 17.2 Å². The summed E-state index contributed by atoms with van der Waals surface area (Å²) in [4.78, 5) is 21.7. The van der Waals surface area contributed by atoms with Gasteiger partial charge in [0.15, 0.2) is 0 Å². The number of methoxy groups -OCH3 is 2. The van der Waals surface area contributed by atoms with E-state index in [4.69, 9.17) is 25.8 Å². The van der Waals surface area contributed by atoms with Crippen LogP contribution in [-0.4, -0.2) is 34.1 Å². The standard InChI is InChI=1S/C11H9ClN4O5/c1-19-9-13-10(20-2)15-11(14-9)21-8-5-6(12)3-4-7(8)16(17)18/h3-5H,1-2H3. The van der Waals surface area contributed by atoms with Crippen molar-refractivity contribution in [3.63, 3.8) is 0 Å². The summed E-state index contributed by atoms with van der Waals surface area (Å²) >= 11 is 5.80. The predicted molar refractivity (Wildman–Crippen MR) is 71.1 cm³/mol. The summed E-state index contributed by atoms with van der Waals surface area (Å²) in [6.45, 7) is 0. The van der Waals surface area contributed by atoms with Crippen molar-refractivity contribution in [3.8, 4) is 23.8 Å². The first kappa shape index (κ1) is 14.7. The molecular formula is C11H9ClN4O5. The van der Waals surface area contributed by atoms with Gasteiger partial charge in [-0.15, -0.1) is 15.0 Å². The summed E-state index contributed by atoms with van der Waals surface area (Å²) in [7, 11) is 2.70. The fourth-order valence-corrected chi connectivity index (χ4v) is 1.53. The highest BCUT2D eigenvalue weighted by Gasteiger charge is 2.18. The van der Waals surface area contributed by atoms with Gasteiger partial charge >= 0.3 is 23.7 Å². The number of ether oxygens (including phenoxy) is 3. The van der Waals surface area contributed by atoms with Gasteiger partial charge in [-0.25, -0.2) is 0 Å². The van der Waals surface area contributed by atoms with E-state index in [0.29, 0.717) is 0 Å². The third-order valence-corrected chi connectivity index (χ3v) is 2.49. The second kappa shape index (κ2) is 6.18. The Morgan fingerprint density at radius 3 is 2.19 bits per heavy atom. The van der Waals surface area contributed by atoms with Crippen molar-refractivity contribution in [1.82, 2.24) is 15.0 Å². The van der Waals surface area contributed by atoms with Crippen LogP contribution in [0.4, 0.5) is 5.69 Å². The van der Waals surface area contributed by atoms with E-state index >= 15 is 0 Å². The van der Waals surface area contributed by atoms with Gasteiger partial charge in [-0.3, -0.25) is 10.1 Å².